The van der Waals surface area contributed by atoms with Gasteiger partial charge in [0.25, 0.3) is 5.91 Å². The van der Waals surface area contributed by atoms with E-state index in [1.165, 1.54) is 51.3 Å². The lowest BCUT2D eigenvalue weighted by molar-refractivity contribution is -0.143. The van der Waals surface area contributed by atoms with E-state index in [1.54, 1.807) is 18.3 Å². The highest BCUT2D eigenvalue weighted by atomic mass is 19.4. The number of carbonyl (C=O) groups is 3. The molecule has 1 aliphatic rings. The summed E-state index contributed by atoms with van der Waals surface area (Å²) in [5.41, 5.74) is -1.57. The molecule has 2 aromatic carbocycles. The Morgan fingerprint density at radius 2 is 1.71 bits per heavy atom. The smallest absolute Gasteiger partial charge is 0.434 e. The number of ketones is 1. The van der Waals surface area contributed by atoms with Crippen molar-refractivity contribution in [3.8, 4) is 11.4 Å². The largest absolute Gasteiger partial charge is 0.497 e. The van der Waals surface area contributed by atoms with E-state index in [-0.39, 0.29) is 34.1 Å². The molecule has 1 atom stereocenters. The number of pyridine rings is 1. The van der Waals surface area contributed by atoms with Crippen LogP contribution in [0, 0.1) is 0 Å². The molecule has 2 heterocycles. The van der Waals surface area contributed by atoms with Gasteiger partial charge >= 0.3 is 6.18 Å². The van der Waals surface area contributed by atoms with Gasteiger partial charge in [-0.05, 0) is 69.2 Å². The van der Waals surface area contributed by atoms with Crippen LogP contribution in [0.5, 0.6) is 5.75 Å². The molecule has 2 aromatic heterocycles. The number of anilines is 1. The van der Waals surface area contributed by atoms with E-state index in [1.807, 2.05) is 4.57 Å². The summed E-state index contributed by atoms with van der Waals surface area (Å²) in [5, 5.41) is 8.95. The Morgan fingerprint density at radius 3 is 2.33 bits per heavy atom. The molecule has 13 heteroatoms. The first kappa shape index (κ1) is 31.5. The number of nitrogens with one attached hydrogen (secondary N) is 2. The second-order valence-electron chi connectivity index (χ2n) is 11.1. The molecule has 45 heavy (non-hydrogen) atoms. The molecule has 1 saturated carbocycles. The van der Waals surface area contributed by atoms with Crippen LogP contribution in [0.4, 0.5) is 18.9 Å². The molecule has 0 bridgehead atoms. The maximum Gasteiger partial charge on any atom is 0.434 e. The van der Waals surface area contributed by atoms with Gasteiger partial charge < -0.3 is 19.9 Å². The van der Waals surface area contributed by atoms with Crippen molar-refractivity contribution in [2.24, 2.45) is 0 Å². The molecule has 0 unspecified atom stereocenters. The molecular formula is C32H32F3N5O5. The van der Waals surface area contributed by atoms with Gasteiger partial charge in [0.1, 0.15) is 11.8 Å². The molecular weight excluding hydrogens is 591 g/mol. The summed E-state index contributed by atoms with van der Waals surface area (Å²) in [6, 6.07) is 9.28. The van der Waals surface area contributed by atoms with Crippen molar-refractivity contribution in [3.05, 3.63) is 81.9 Å². The third kappa shape index (κ3) is 6.47. The Balaban J connectivity index is 1.38. The summed E-state index contributed by atoms with van der Waals surface area (Å²) in [6.07, 6.45) is 2.51. The van der Waals surface area contributed by atoms with Crippen molar-refractivity contribution in [1.29, 1.82) is 0 Å². The lowest BCUT2D eigenvalue weighted by atomic mass is 9.94. The lowest BCUT2D eigenvalue weighted by Crippen LogP contribution is -2.42. The van der Waals surface area contributed by atoms with Crippen molar-refractivity contribution in [2.45, 2.75) is 64.2 Å². The number of alkyl halides is 3. The van der Waals surface area contributed by atoms with Gasteiger partial charge in [0.2, 0.25) is 5.91 Å². The Kier molecular flexibility index (Phi) is 8.80. The maximum absolute atomic E-state index is 14.1. The zero-order valence-electron chi connectivity index (χ0n) is 24.9. The predicted molar refractivity (Wildman–Crippen MR) is 161 cm³/mol. The molecule has 4 aromatic rings. The number of Topliss-reactive ketones (excluding diaryl/α,β-unsaturated/α-hetero) is 1. The molecule has 5 rings (SSSR count). The van der Waals surface area contributed by atoms with Crippen LogP contribution in [-0.4, -0.2) is 45.1 Å². The first-order chi connectivity index (χ1) is 21.4. The third-order valence-electron chi connectivity index (χ3n) is 7.99. The normalized spacial score (nSPS) is 14.6. The summed E-state index contributed by atoms with van der Waals surface area (Å²) in [4.78, 5) is 51.6. The van der Waals surface area contributed by atoms with Crippen LogP contribution in [0.2, 0.25) is 0 Å². The number of methoxy groups -OCH3 is 1. The van der Waals surface area contributed by atoms with Gasteiger partial charge in [0.15, 0.2) is 16.9 Å². The number of aromatic nitrogens is 3. The number of hydrogen-bond donors (Lipinski definition) is 2. The van der Waals surface area contributed by atoms with Crippen molar-refractivity contribution < 1.29 is 32.3 Å². The van der Waals surface area contributed by atoms with Crippen LogP contribution in [-0.2, 0) is 11.0 Å². The number of ether oxygens (including phenoxy) is 1. The Hall–Kier alpha value is -4.94. The van der Waals surface area contributed by atoms with Gasteiger partial charge in [0.05, 0.1) is 35.6 Å². The van der Waals surface area contributed by atoms with Crippen molar-refractivity contribution in [1.82, 2.24) is 19.7 Å². The fourth-order valence-corrected chi connectivity index (χ4v) is 5.64. The van der Waals surface area contributed by atoms with Gasteiger partial charge in [-0.15, -0.1) is 0 Å². The van der Waals surface area contributed by atoms with E-state index >= 15 is 0 Å². The Bertz CT molecular complexity index is 1820. The summed E-state index contributed by atoms with van der Waals surface area (Å²) in [6.45, 7) is 2.65. The molecule has 0 saturated heterocycles. The van der Waals surface area contributed by atoms with Gasteiger partial charge in [-0.2, -0.15) is 18.3 Å². The lowest BCUT2D eigenvalue weighted by Gasteiger charge is -2.27. The van der Waals surface area contributed by atoms with E-state index in [4.69, 9.17) is 4.74 Å². The summed E-state index contributed by atoms with van der Waals surface area (Å²) in [7, 11) is 1.42. The number of hydrogen-bond acceptors (Lipinski definition) is 6. The molecule has 236 valence electrons. The highest BCUT2D eigenvalue weighted by molar-refractivity contribution is 6.03. The average Bonchev–Trinajstić information content (AvgIpc) is 3.48. The SMILES string of the molecule is COc1ccc(-n2ncc(C(=O)N[C@@H](C)C(=O)Nc3ccc4c(c3)c(=O)c(C(C)=O)cn4C3CCCCC3)c2C(F)(F)F)cc1. The number of rotatable bonds is 8. The first-order valence-corrected chi connectivity index (χ1v) is 14.5. The summed E-state index contributed by atoms with van der Waals surface area (Å²) >= 11 is 0. The predicted octanol–water partition coefficient (Wildman–Crippen LogP) is 5.68. The molecule has 10 nitrogen and oxygen atoms in total. The number of fused-ring (bicyclic) bond motifs is 1. The fraction of sp³-hybridized carbons (Fsp3) is 0.344. The highest BCUT2D eigenvalue weighted by Gasteiger charge is 2.41. The quantitative estimate of drug-likeness (QED) is 0.244. The van der Waals surface area contributed by atoms with Gasteiger partial charge in [-0.1, -0.05) is 19.3 Å². The molecule has 0 spiro atoms. The molecule has 0 aliphatic heterocycles. The Morgan fingerprint density at radius 1 is 1.02 bits per heavy atom. The van der Waals surface area contributed by atoms with E-state index in [2.05, 4.69) is 15.7 Å². The van der Waals surface area contributed by atoms with E-state index < -0.39 is 40.7 Å². The van der Waals surface area contributed by atoms with Gasteiger partial charge in [-0.3, -0.25) is 19.2 Å². The second-order valence-corrected chi connectivity index (χ2v) is 11.1. The van der Waals surface area contributed by atoms with Gasteiger partial charge in [0, 0.05) is 23.3 Å². The number of carbonyl (C=O) groups excluding carboxylic acids is 3. The minimum atomic E-state index is -4.94. The van der Waals surface area contributed by atoms with E-state index in [9.17, 15) is 32.3 Å². The average molecular weight is 624 g/mol. The van der Waals surface area contributed by atoms with Crippen LogP contribution in [0.15, 0.2) is 59.7 Å². The van der Waals surface area contributed by atoms with Crippen LogP contribution < -0.4 is 20.8 Å². The summed E-state index contributed by atoms with van der Waals surface area (Å²) in [5.74, 6) is -1.82. The zero-order chi connectivity index (χ0) is 32.5. The first-order valence-electron chi connectivity index (χ1n) is 14.5. The van der Waals surface area contributed by atoms with Gasteiger partial charge in [-0.25, -0.2) is 4.68 Å². The van der Waals surface area contributed by atoms with E-state index in [0.717, 1.165) is 38.3 Å². The van der Waals surface area contributed by atoms with Crippen molar-refractivity contribution in [2.75, 3.05) is 12.4 Å². The van der Waals surface area contributed by atoms with Crippen molar-refractivity contribution >= 4 is 34.2 Å². The van der Waals surface area contributed by atoms with Crippen LogP contribution >= 0.6 is 0 Å². The molecule has 1 fully saturated rings. The highest BCUT2D eigenvalue weighted by Crippen LogP contribution is 2.34. The monoisotopic (exact) mass is 623 g/mol. The molecule has 0 radical (unpaired) electrons. The second kappa shape index (κ2) is 12.6. The minimum Gasteiger partial charge on any atom is -0.497 e. The number of amides is 2. The fourth-order valence-electron chi connectivity index (χ4n) is 5.64. The van der Waals surface area contributed by atoms with Crippen LogP contribution in [0.3, 0.4) is 0 Å². The molecule has 2 N–H and O–H groups in total. The number of benzene rings is 2. The standard InChI is InChI=1S/C32H32F3N5O5/c1-18(37-31(44)25-16-36-40(29(25)32(33,34)35)22-10-12-23(45-3)13-11-22)30(43)38-20-9-14-27-24(15-20)28(42)26(19(2)41)17-39(27)21-7-5-4-6-8-21/h9-18,21H,4-8H2,1-3H3,(H,37,44)(H,38,43)/t18-/m0/s1. The Labute approximate surface area is 256 Å². The van der Waals surface area contributed by atoms with E-state index in [0.29, 0.717) is 15.9 Å². The number of halogens is 3. The molecule has 2 amide bonds. The zero-order valence-corrected chi connectivity index (χ0v) is 24.9. The maximum atomic E-state index is 14.1. The third-order valence-corrected chi connectivity index (χ3v) is 7.99. The minimum absolute atomic E-state index is 0.0489. The topological polar surface area (TPSA) is 124 Å². The molecule has 1 aliphatic carbocycles. The van der Waals surface area contributed by atoms with Crippen LogP contribution in [0.1, 0.15) is 78.4 Å². The van der Waals surface area contributed by atoms with Crippen LogP contribution in [0.25, 0.3) is 16.6 Å². The summed E-state index contributed by atoms with van der Waals surface area (Å²) < 4.78 is 49.9. The number of nitrogens with zero attached hydrogens (tertiary/aromatic N) is 3. The van der Waals surface area contributed by atoms with Crippen molar-refractivity contribution in [3.63, 3.8) is 0 Å².